The maximum absolute atomic E-state index is 13.6. The van der Waals surface area contributed by atoms with Crippen molar-refractivity contribution < 1.29 is 13.9 Å². The van der Waals surface area contributed by atoms with Gasteiger partial charge in [-0.2, -0.15) is 0 Å². The predicted octanol–water partition coefficient (Wildman–Crippen LogP) is 3.28. The van der Waals surface area contributed by atoms with Gasteiger partial charge in [0, 0.05) is 25.0 Å². The lowest BCUT2D eigenvalue weighted by Crippen LogP contribution is -2.36. The van der Waals surface area contributed by atoms with E-state index >= 15 is 0 Å². The lowest BCUT2D eigenvalue weighted by Gasteiger charge is -2.25. The second-order valence-electron chi connectivity index (χ2n) is 4.96. The first-order chi connectivity index (χ1) is 10.5. The van der Waals surface area contributed by atoms with Crippen LogP contribution < -0.4 is 4.74 Å². The molecule has 0 bridgehead atoms. The van der Waals surface area contributed by atoms with Gasteiger partial charge in [0.15, 0.2) is 0 Å². The fourth-order valence-corrected chi connectivity index (χ4v) is 2.09. The van der Waals surface area contributed by atoms with E-state index in [1.165, 1.54) is 30.6 Å². The van der Waals surface area contributed by atoms with Crippen molar-refractivity contribution in [1.29, 1.82) is 0 Å². The van der Waals surface area contributed by atoms with Crippen LogP contribution in [0.3, 0.4) is 0 Å². The van der Waals surface area contributed by atoms with Crippen LogP contribution in [0, 0.1) is 5.82 Å². The highest BCUT2D eigenvalue weighted by molar-refractivity contribution is 5.97. The first kappa shape index (κ1) is 15.9. The third-order valence-corrected chi connectivity index (χ3v) is 3.14. The predicted molar refractivity (Wildman–Crippen MR) is 80.4 cm³/mol. The molecule has 2 rings (SSSR count). The van der Waals surface area contributed by atoms with Gasteiger partial charge in [-0.15, -0.1) is 0 Å². The number of halogens is 1. The largest absolute Gasteiger partial charge is 0.423 e. The molecular weight excluding hydrogens is 285 g/mol. The summed E-state index contributed by atoms with van der Waals surface area (Å²) in [5.74, 6) is -0.552. The molecule has 6 heteroatoms. The number of aromatic nitrogens is 2. The Morgan fingerprint density at radius 3 is 2.59 bits per heavy atom. The van der Waals surface area contributed by atoms with Crippen molar-refractivity contribution in [3.05, 3.63) is 48.0 Å². The normalized spacial score (nSPS) is 10.6. The van der Waals surface area contributed by atoms with Crippen LogP contribution in [-0.2, 0) is 0 Å². The molecule has 2 aromatic rings. The topological polar surface area (TPSA) is 55.3 Å². The second-order valence-corrected chi connectivity index (χ2v) is 4.96. The monoisotopic (exact) mass is 303 g/mol. The number of amides is 1. The Morgan fingerprint density at radius 1 is 1.32 bits per heavy atom. The number of carbonyl (C=O) groups excluding carboxylic acids is 1. The highest BCUT2D eigenvalue weighted by Gasteiger charge is 2.22. The molecule has 1 heterocycles. The Kier molecular flexibility index (Phi) is 5.04. The molecule has 0 saturated carbocycles. The molecule has 1 aromatic heterocycles. The summed E-state index contributed by atoms with van der Waals surface area (Å²) in [5.41, 5.74) is 0.156. The van der Waals surface area contributed by atoms with E-state index in [1.54, 1.807) is 11.0 Å². The van der Waals surface area contributed by atoms with Crippen molar-refractivity contribution >= 4 is 5.91 Å². The minimum absolute atomic E-state index is 0.00147. The van der Waals surface area contributed by atoms with Gasteiger partial charge in [0.25, 0.3) is 5.91 Å². The van der Waals surface area contributed by atoms with Crippen LogP contribution in [0.2, 0.25) is 0 Å². The fourth-order valence-electron chi connectivity index (χ4n) is 2.09. The zero-order valence-corrected chi connectivity index (χ0v) is 12.8. The van der Waals surface area contributed by atoms with E-state index in [-0.39, 0.29) is 29.3 Å². The smallest absolute Gasteiger partial charge is 0.321 e. The van der Waals surface area contributed by atoms with Crippen molar-refractivity contribution in [3.63, 3.8) is 0 Å². The van der Waals surface area contributed by atoms with E-state index in [9.17, 15) is 9.18 Å². The van der Waals surface area contributed by atoms with Gasteiger partial charge in [-0.25, -0.2) is 14.4 Å². The van der Waals surface area contributed by atoms with Gasteiger partial charge in [0.1, 0.15) is 11.6 Å². The van der Waals surface area contributed by atoms with Crippen molar-refractivity contribution in [2.75, 3.05) is 6.54 Å². The standard InChI is InChI=1S/C16H18FN3O2/c1-4-20(11(2)3)15(21)13-10-12(17)6-7-14(13)22-16-18-8-5-9-19-16/h5-11H,4H2,1-3H3. The Bertz CT molecular complexity index is 647. The molecular formula is C16H18FN3O2. The van der Waals surface area contributed by atoms with Crippen molar-refractivity contribution in [3.8, 4) is 11.8 Å². The Balaban J connectivity index is 2.37. The molecule has 0 aliphatic heterocycles. The number of benzene rings is 1. The first-order valence-corrected chi connectivity index (χ1v) is 7.08. The van der Waals surface area contributed by atoms with E-state index in [0.717, 1.165) is 0 Å². The molecule has 1 amide bonds. The molecule has 116 valence electrons. The van der Waals surface area contributed by atoms with Gasteiger partial charge in [0.2, 0.25) is 0 Å². The van der Waals surface area contributed by atoms with Crippen molar-refractivity contribution in [1.82, 2.24) is 14.9 Å². The van der Waals surface area contributed by atoms with Gasteiger partial charge in [-0.1, -0.05) is 0 Å². The Hall–Kier alpha value is -2.50. The molecule has 0 N–H and O–H groups in total. The van der Waals surface area contributed by atoms with Crippen LogP contribution in [0.1, 0.15) is 31.1 Å². The minimum Gasteiger partial charge on any atom is -0.423 e. The van der Waals surface area contributed by atoms with Crippen LogP contribution >= 0.6 is 0 Å². The van der Waals surface area contributed by atoms with E-state index in [1.807, 2.05) is 20.8 Å². The number of ether oxygens (including phenoxy) is 1. The van der Waals surface area contributed by atoms with E-state index < -0.39 is 5.82 Å². The lowest BCUT2D eigenvalue weighted by atomic mass is 10.1. The third kappa shape index (κ3) is 3.58. The molecule has 0 unspecified atom stereocenters. The maximum Gasteiger partial charge on any atom is 0.321 e. The van der Waals surface area contributed by atoms with Crippen LogP contribution in [0.25, 0.3) is 0 Å². The SMILES string of the molecule is CCN(C(=O)c1cc(F)ccc1Oc1ncccn1)C(C)C. The number of rotatable bonds is 5. The zero-order chi connectivity index (χ0) is 16.1. The molecule has 0 saturated heterocycles. The third-order valence-electron chi connectivity index (χ3n) is 3.14. The van der Waals surface area contributed by atoms with E-state index in [2.05, 4.69) is 9.97 Å². The van der Waals surface area contributed by atoms with Gasteiger partial charge in [0.05, 0.1) is 5.56 Å². The van der Waals surface area contributed by atoms with Crippen LogP contribution in [0.15, 0.2) is 36.7 Å². The summed E-state index contributed by atoms with van der Waals surface area (Å²) in [5, 5.41) is 0. The maximum atomic E-state index is 13.6. The quantitative estimate of drug-likeness (QED) is 0.850. The summed E-state index contributed by atoms with van der Waals surface area (Å²) in [6.45, 7) is 6.20. The molecule has 0 radical (unpaired) electrons. The number of nitrogens with zero attached hydrogens (tertiary/aromatic N) is 3. The second kappa shape index (κ2) is 6.98. The number of carbonyl (C=O) groups is 1. The van der Waals surface area contributed by atoms with Crippen LogP contribution in [0.4, 0.5) is 4.39 Å². The summed E-state index contributed by atoms with van der Waals surface area (Å²) in [6.07, 6.45) is 3.06. The molecule has 22 heavy (non-hydrogen) atoms. The highest BCUT2D eigenvalue weighted by atomic mass is 19.1. The Morgan fingerprint density at radius 2 is 2.00 bits per heavy atom. The Labute approximate surface area is 128 Å². The summed E-state index contributed by atoms with van der Waals surface area (Å²) in [7, 11) is 0. The van der Waals surface area contributed by atoms with E-state index in [0.29, 0.717) is 6.54 Å². The van der Waals surface area contributed by atoms with Gasteiger partial charge in [-0.05, 0) is 45.0 Å². The highest BCUT2D eigenvalue weighted by Crippen LogP contribution is 2.25. The van der Waals surface area contributed by atoms with Crippen molar-refractivity contribution in [2.24, 2.45) is 0 Å². The van der Waals surface area contributed by atoms with Crippen LogP contribution in [-0.4, -0.2) is 33.4 Å². The molecule has 1 aromatic carbocycles. The van der Waals surface area contributed by atoms with Crippen molar-refractivity contribution in [2.45, 2.75) is 26.8 Å². The number of hydrogen-bond donors (Lipinski definition) is 0. The van der Waals surface area contributed by atoms with Gasteiger partial charge < -0.3 is 9.64 Å². The van der Waals surface area contributed by atoms with Crippen LogP contribution in [0.5, 0.6) is 11.8 Å². The first-order valence-electron chi connectivity index (χ1n) is 7.08. The molecule has 0 fully saturated rings. The summed E-state index contributed by atoms with van der Waals surface area (Å²) in [6, 6.07) is 5.58. The average molecular weight is 303 g/mol. The summed E-state index contributed by atoms with van der Waals surface area (Å²) in [4.78, 5) is 22.1. The zero-order valence-electron chi connectivity index (χ0n) is 12.8. The van der Waals surface area contributed by atoms with Gasteiger partial charge >= 0.3 is 6.01 Å². The average Bonchev–Trinajstić information content (AvgIpc) is 2.50. The van der Waals surface area contributed by atoms with E-state index in [4.69, 9.17) is 4.74 Å². The molecule has 0 atom stereocenters. The lowest BCUT2D eigenvalue weighted by molar-refractivity contribution is 0.0713. The van der Waals surface area contributed by atoms with Gasteiger partial charge in [-0.3, -0.25) is 4.79 Å². The molecule has 0 aliphatic carbocycles. The summed E-state index contributed by atoms with van der Waals surface area (Å²) < 4.78 is 19.1. The summed E-state index contributed by atoms with van der Waals surface area (Å²) >= 11 is 0. The fraction of sp³-hybridized carbons (Fsp3) is 0.312. The minimum atomic E-state index is -0.496. The molecule has 0 spiro atoms. The molecule has 5 nitrogen and oxygen atoms in total. The molecule has 0 aliphatic rings. The number of hydrogen-bond acceptors (Lipinski definition) is 4.